The third-order valence-electron chi connectivity index (χ3n) is 4.82. The Labute approximate surface area is 179 Å². The number of hydrogen-bond donors (Lipinski definition) is 2. The van der Waals surface area contributed by atoms with Crippen LogP contribution >= 0.6 is 0 Å². The molecule has 4 rings (SSSR count). The van der Waals surface area contributed by atoms with Crippen LogP contribution in [0.25, 0.3) is 11.0 Å². The first-order valence-corrected chi connectivity index (χ1v) is 9.92. The van der Waals surface area contributed by atoms with Gasteiger partial charge in [0.05, 0.1) is 0 Å². The van der Waals surface area contributed by atoms with Gasteiger partial charge in [0, 0.05) is 23.2 Å². The zero-order valence-electron chi connectivity index (χ0n) is 17.5. The second-order valence-corrected chi connectivity index (χ2v) is 7.53. The van der Waals surface area contributed by atoms with Crippen molar-refractivity contribution < 1.29 is 9.15 Å². The van der Waals surface area contributed by atoms with Crippen molar-refractivity contribution in [2.75, 3.05) is 11.1 Å². The van der Waals surface area contributed by atoms with Crippen molar-refractivity contribution in [2.24, 2.45) is 0 Å². The number of ether oxygens (including phenoxy) is 1. The van der Waals surface area contributed by atoms with Crippen molar-refractivity contribution in [3.05, 3.63) is 75.9 Å². The fourth-order valence-electron chi connectivity index (χ4n) is 3.18. The first-order valence-electron chi connectivity index (χ1n) is 9.92. The van der Waals surface area contributed by atoms with Crippen molar-refractivity contribution in [1.82, 2.24) is 15.0 Å². The molecule has 0 saturated heterocycles. The van der Waals surface area contributed by atoms with E-state index in [1.54, 1.807) is 12.1 Å². The molecule has 0 saturated carbocycles. The summed E-state index contributed by atoms with van der Waals surface area (Å²) in [6.45, 7) is 6.23. The molecule has 8 heteroatoms. The van der Waals surface area contributed by atoms with E-state index in [0.29, 0.717) is 29.0 Å². The molecular formula is C23H23N5O3. The first-order chi connectivity index (χ1) is 14.9. The van der Waals surface area contributed by atoms with Gasteiger partial charge in [0.15, 0.2) is 5.82 Å². The molecule has 0 atom stereocenters. The predicted molar refractivity (Wildman–Crippen MR) is 120 cm³/mol. The number of benzene rings is 2. The van der Waals surface area contributed by atoms with E-state index in [9.17, 15) is 4.79 Å². The van der Waals surface area contributed by atoms with Crippen LogP contribution in [0.3, 0.4) is 0 Å². The van der Waals surface area contributed by atoms with Crippen LogP contribution in [0.2, 0.25) is 0 Å². The third kappa shape index (κ3) is 4.80. The van der Waals surface area contributed by atoms with Gasteiger partial charge >= 0.3 is 5.63 Å². The van der Waals surface area contributed by atoms with E-state index in [1.807, 2.05) is 25.1 Å². The zero-order chi connectivity index (χ0) is 22.0. The number of rotatable bonds is 6. The van der Waals surface area contributed by atoms with Crippen LogP contribution < -0.4 is 21.4 Å². The average Bonchev–Trinajstić information content (AvgIpc) is 2.72. The van der Waals surface area contributed by atoms with E-state index >= 15 is 0 Å². The highest BCUT2D eigenvalue weighted by molar-refractivity contribution is 5.81. The Hall–Kier alpha value is -3.94. The van der Waals surface area contributed by atoms with E-state index < -0.39 is 5.63 Å². The molecule has 8 nitrogen and oxygen atoms in total. The summed E-state index contributed by atoms with van der Waals surface area (Å²) in [6, 6.07) is 14.8. The Morgan fingerprint density at radius 1 is 1.06 bits per heavy atom. The fourth-order valence-corrected chi connectivity index (χ4v) is 3.18. The van der Waals surface area contributed by atoms with E-state index in [1.165, 1.54) is 11.6 Å². The summed E-state index contributed by atoms with van der Waals surface area (Å²) in [4.78, 5) is 24.3. The number of nitrogens with two attached hydrogens (primary N) is 1. The molecule has 158 valence electrons. The second-order valence-electron chi connectivity index (χ2n) is 7.53. The molecule has 4 aromatic rings. The molecule has 0 unspecified atom stereocenters. The maximum atomic E-state index is 11.6. The second kappa shape index (κ2) is 8.43. The van der Waals surface area contributed by atoms with E-state index in [0.717, 1.165) is 16.6 Å². The topological polar surface area (TPSA) is 116 Å². The molecule has 0 aliphatic rings. The Bertz CT molecular complexity index is 1280. The van der Waals surface area contributed by atoms with Crippen LogP contribution in [-0.2, 0) is 6.61 Å². The monoisotopic (exact) mass is 417 g/mol. The summed E-state index contributed by atoms with van der Waals surface area (Å²) in [7, 11) is 0. The lowest BCUT2D eigenvalue weighted by Crippen LogP contribution is -2.09. The van der Waals surface area contributed by atoms with Crippen molar-refractivity contribution in [2.45, 2.75) is 33.3 Å². The van der Waals surface area contributed by atoms with Crippen LogP contribution in [0.15, 0.2) is 57.7 Å². The van der Waals surface area contributed by atoms with Gasteiger partial charge < -0.3 is 20.2 Å². The highest BCUT2D eigenvalue weighted by Gasteiger charge is 2.09. The molecule has 0 spiro atoms. The Morgan fingerprint density at radius 3 is 2.58 bits per heavy atom. The molecule has 0 fully saturated rings. The van der Waals surface area contributed by atoms with Crippen molar-refractivity contribution >= 4 is 28.6 Å². The van der Waals surface area contributed by atoms with Crippen LogP contribution in [0.5, 0.6) is 5.75 Å². The van der Waals surface area contributed by atoms with Gasteiger partial charge in [-0.05, 0) is 48.2 Å². The minimum Gasteiger partial charge on any atom is -0.485 e. The van der Waals surface area contributed by atoms with E-state index in [2.05, 4.69) is 46.2 Å². The van der Waals surface area contributed by atoms with Gasteiger partial charge in [0.1, 0.15) is 17.9 Å². The van der Waals surface area contributed by atoms with Crippen molar-refractivity contribution in [3.63, 3.8) is 0 Å². The summed E-state index contributed by atoms with van der Waals surface area (Å²) in [5.41, 5.74) is 8.85. The molecule has 0 amide bonds. The SMILES string of the molecule is Cc1cc(=O)oc2cc(OCc3nc(N)nc(Nc4ccc(C(C)C)cc4)n3)ccc12. The summed E-state index contributed by atoms with van der Waals surface area (Å²) >= 11 is 0. The van der Waals surface area contributed by atoms with Gasteiger partial charge in [0.25, 0.3) is 0 Å². The lowest BCUT2D eigenvalue weighted by atomic mass is 10.0. The molecule has 2 aromatic heterocycles. The summed E-state index contributed by atoms with van der Waals surface area (Å²) in [5.74, 6) is 1.79. The largest absolute Gasteiger partial charge is 0.485 e. The standard InChI is InChI=1S/C23H23N5O3/c1-13(2)15-4-6-16(7-5-15)25-23-27-20(26-22(24)28-23)12-30-17-8-9-18-14(3)10-21(29)31-19(18)11-17/h4-11,13H,12H2,1-3H3,(H3,24,25,26,27,28). The van der Waals surface area contributed by atoms with Crippen LogP contribution in [-0.4, -0.2) is 15.0 Å². The summed E-state index contributed by atoms with van der Waals surface area (Å²) in [5, 5.41) is 3.99. The molecule has 2 heterocycles. The smallest absolute Gasteiger partial charge is 0.336 e. The minimum atomic E-state index is -0.399. The number of nitrogen functional groups attached to an aromatic ring is 1. The van der Waals surface area contributed by atoms with Crippen molar-refractivity contribution in [3.8, 4) is 5.75 Å². The summed E-state index contributed by atoms with van der Waals surface area (Å²) < 4.78 is 11.0. The Balaban J connectivity index is 1.49. The lowest BCUT2D eigenvalue weighted by Gasteiger charge is -2.10. The molecule has 0 radical (unpaired) electrons. The van der Waals surface area contributed by atoms with Gasteiger partial charge in [-0.25, -0.2) is 4.79 Å². The molecule has 0 aliphatic carbocycles. The van der Waals surface area contributed by atoms with Crippen LogP contribution in [0.1, 0.15) is 36.7 Å². The number of nitrogens with zero attached hydrogens (tertiary/aromatic N) is 3. The number of nitrogens with one attached hydrogen (secondary N) is 1. The highest BCUT2D eigenvalue weighted by Crippen LogP contribution is 2.23. The lowest BCUT2D eigenvalue weighted by molar-refractivity contribution is 0.296. The summed E-state index contributed by atoms with van der Waals surface area (Å²) in [6.07, 6.45) is 0. The Morgan fingerprint density at radius 2 is 1.84 bits per heavy atom. The number of anilines is 3. The van der Waals surface area contributed by atoms with Gasteiger partial charge in [-0.1, -0.05) is 26.0 Å². The Kier molecular flexibility index (Phi) is 5.53. The maximum Gasteiger partial charge on any atom is 0.336 e. The minimum absolute atomic E-state index is 0.0786. The molecule has 31 heavy (non-hydrogen) atoms. The first kappa shape index (κ1) is 20.3. The van der Waals surface area contributed by atoms with Gasteiger partial charge in [0.2, 0.25) is 11.9 Å². The molecule has 0 aliphatic heterocycles. The fraction of sp³-hybridized carbons (Fsp3) is 0.217. The predicted octanol–water partition coefficient (Wildman–Crippen LogP) is 4.31. The highest BCUT2D eigenvalue weighted by atomic mass is 16.5. The van der Waals surface area contributed by atoms with Gasteiger partial charge in [-0.2, -0.15) is 15.0 Å². The number of aryl methyl sites for hydroxylation is 1. The number of fused-ring (bicyclic) bond motifs is 1. The van der Waals surface area contributed by atoms with Gasteiger partial charge in [-0.3, -0.25) is 0 Å². The normalized spacial score (nSPS) is 11.1. The number of hydrogen-bond acceptors (Lipinski definition) is 8. The average molecular weight is 417 g/mol. The van der Waals surface area contributed by atoms with Gasteiger partial charge in [-0.15, -0.1) is 0 Å². The van der Waals surface area contributed by atoms with Crippen molar-refractivity contribution in [1.29, 1.82) is 0 Å². The number of aromatic nitrogens is 3. The molecule has 0 bridgehead atoms. The van der Waals surface area contributed by atoms with E-state index in [4.69, 9.17) is 14.9 Å². The van der Waals surface area contributed by atoms with E-state index in [-0.39, 0.29) is 12.6 Å². The molecule has 2 aromatic carbocycles. The molecule has 3 N–H and O–H groups in total. The quantitative estimate of drug-likeness (QED) is 0.446. The van der Waals surface area contributed by atoms with Crippen LogP contribution in [0.4, 0.5) is 17.6 Å². The third-order valence-corrected chi connectivity index (χ3v) is 4.82. The zero-order valence-corrected chi connectivity index (χ0v) is 17.5. The maximum absolute atomic E-state index is 11.6. The van der Waals surface area contributed by atoms with Crippen LogP contribution in [0, 0.1) is 6.92 Å². The molecular weight excluding hydrogens is 394 g/mol.